The van der Waals surface area contributed by atoms with E-state index in [4.69, 9.17) is 21.1 Å². The average Bonchev–Trinajstić information content (AvgIpc) is 3.07. The molecule has 150 valence electrons. The van der Waals surface area contributed by atoms with E-state index in [0.29, 0.717) is 24.2 Å². The Labute approximate surface area is 178 Å². The largest absolute Gasteiger partial charge is 0.346 e. The molecule has 0 bridgehead atoms. The first-order chi connectivity index (χ1) is 14.2. The molecular formula is C26H27ClO2. The van der Waals surface area contributed by atoms with Crippen LogP contribution in [-0.2, 0) is 15.3 Å². The Morgan fingerprint density at radius 2 is 1.28 bits per heavy atom. The van der Waals surface area contributed by atoms with Crippen molar-refractivity contribution in [3.8, 4) is 11.1 Å². The van der Waals surface area contributed by atoms with Gasteiger partial charge in [-0.05, 0) is 54.7 Å². The van der Waals surface area contributed by atoms with E-state index in [2.05, 4.69) is 48.5 Å². The van der Waals surface area contributed by atoms with Crippen LogP contribution in [0, 0.1) is 0 Å². The number of rotatable bonds is 8. The van der Waals surface area contributed by atoms with Gasteiger partial charge in [0.05, 0.1) is 0 Å². The van der Waals surface area contributed by atoms with Gasteiger partial charge in [-0.2, -0.15) is 0 Å². The van der Waals surface area contributed by atoms with Gasteiger partial charge >= 0.3 is 0 Å². The molecule has 0 atom stereocenters. The molecule has 4 rings (SSSR count). The van der Waals surface area contributed by atoms with Crippen molar-refractivity contribution in [2.45, 2.75) is 38.4 Å². The summed E-state index contributed by atoms with van der Waals surface area (Å²) in [6.07, 6.45) is 1.71. The van der Waals surface area contributed by atoms with Crippen molar-refractivity contribution in [2.75, 3.05) is 13.2 Å². The second-order valence-corrected chi connectivity index (χ2v) is 7.83. The number of fused-ring (bicyclic) bond motifs is 3. The van der Waals surface area contributed by atoms with Crippen LogP contribution in [0.25, 0.3) is 11.1 Å². The summed E-state index contributed by atoms with van der Waals surface area (Å²) in [6.45, 7) is 5.20. The minimum Gasteiger partial charge on any atom is -0.346 e. The van der Waals surface area contributed by atoms with E-state index in [1.807, 2.05) is 38.1 Å². The number of halogens is 1. The van der Waals surface area contributed by atoms with Crippen molar-refractivity contribution in [1.82, 2.24) is 0 Å². The summed E-state index contributed by atoms with van der Waals surface area (Å²) in [5, 5.41) is 0.717. The topological polar surface area (TPSA) is 18.5 Å². The molecule has 29 heavy (non-hydrogen) atoms. The highest BCUT2D eigenvalue weighted by molar-refractivity contribution is 6.30. The van der Waals surface area contributed by atoms with E-state index in [9.17, 15) is 0 Å². The van der Waals surface area contributed by atoms with Gasteiger partial charge in [-0.15, -0.1) is 0 Å². The minimum absolute atomic E-state index is 0.343. The van der Waals surface area contributed by atoms with Crippen molar-refractivity contribution in [1.29, 1.82) is 0 Å². The van der Waals surface area contributed by atoms with Crippen LogP contribution in [0.3, 0.4) is 0 Å². The maximum atomic E-state index is 6.27. The van der Waals surface area contributed by atoms with Crippen LogP contribution in [0.5, 0.6) is 0 Å². The minimum atomic E-state index is -0.763. The number of ether oxygens (including phenoxy) is 2. The Kier molecular flexibility index (Phi) is 6.05. The second kappa shape index (κ2) is 8.71. The molecule has 0 aromatic heterocycles. The lowest BCUT2D eigenvalue weighted by atomic mass is 9.88. The molecule has 0 radical (unpaired) electrons. The quantitative estimate of drug-likeness (QED) is 0.369. The molecule has 1 aliphatic rings. The van der Waals surface area contributed by atoms with Crippen LogP contribution in [0.15, 0.2) is 72.8 Å². The fourth-order valence-corrected chi connectivity index (χ4v) is 4.70. The van der Waals surface area contributed by atoms with Crippen molar-refractivity contribution in [2.24, 2.45) is 0 Å². The van der Waals surface area contributed by atoms with E-state index in [-0.39, 0.29) is 0 Å². The monoisotopic (exact) mass is 406 g/mol. The van der Waals surface area contributed by atoms with Crippen LogP contribution in [0.2, 0.25) is 5.02 Å². The molecule has 0 fully saturated rings. The maximum Gasteiger partial charge on any atom is 0.194 e. The van der Waals surface area contributed by atoms with Crippen LogP contribution in [0.1, 0.15) is 49.3 Å². The average molecular weight is 407 g/mol. The molecule has 0 saturated carbocycles. The Morgan fingerprint density at radius 3 is 1.79 bits per heavy atom. The molecule has 0 N–H and O–H groups in total. The molecule has 0 saturated heterocycles. The lowest BCUT2D eigenvalue weighted by Gasteiger charge is -2.35. The number of benzene rings is 3. The molecule has 1 aliphatic carbocycles. The van der Waals surface area contributed by atoms with Crippen molar-refractivity contribution < 1.29 is 9.47 Å². The Balaban J connectivity index is 1.68. The first kappa shape index (κ1) is 20.2. The summed E-state index contributed by atoms with van der Waals surface area (Å²) in [5.41, 5.74) is 6.50. The summed E-state index contributed by atoms with van der Waals surface area (Å²) in [6, 6.07) is 25.3. The SMILES string of the molecule is CCOC(CCC1c2ccccc2-c2ccccc21)(OCC)c1ccc(Cl)cc1. The fraction of sp³-hybridized carbons (Fsp3) is 0.308. The molecule has 3 aromatic rings. The van der Waals surface area contributed by atoms with Crippen LogP contribution in [0.4, 0.5) is 0 Å². The molecule has 3 heteroatoms. The highest BCUT2D eigenvalue weighted by Gasteiger charge is 2.37. The highest BCUT2D eigenvalue weighted by Crippen LogP contribution is 2.48. The normalized spacial score (nSPS) is 13.3. The summed E-state index contributed by atoms with van der Waals surface area (Å²) < 4.78 is 12.5. The number of hydrogen-bond donors (Lipinski definition) is 0. The lowest BCUT2D eigenvalue weighted by molar-refractivity contribution is -0.247. The Hall–Kier alpha value is -2.13. The predicted molar refractivity (Wildman–Crippen MR) is 119 cm³/mol. The van der Waals surface area contributed by atoms with Gasteiger partial charge in [-0.1, -0.05) is 72.3 Å². The van der Waals surface area contributed by atoms with E-state index >= 15 is 0 Å². The van der Waals surface area contributed by atoms with Crippen LogP contribution in [-0.4, -0.2) is 13.2 Å². The Morgan fingerprint density at radius 1 is 0.759 bits per heavy atom. The second-order valence-electron chi connectivity index (χ2n) is 7.39. The third kappa shape index (κ3) is 3.85. The van der Waals surface area contributed by atoms with Gasteiger partial charge in [0.2, 0.25) is 0 Å². The molecule has 0 unspecified atom stereocenters. The van der Waals surface area contributed by atoms with Gasteiger partial charge in [0, 0.05) is 36.1 Å². The molecule has 2 nitrogen and oxygen atoms in total. The summed E-state index contributed by atoms with van der Waals surface area (Å²) in [7, 11) is 0. The summed E-state index contributed by atoms with van der Waals surface area (Å²) >= 11 is 6.13. The summed E-state index contributed by atoms with van der Waals surface area (Å²) in [5.74, 6) is -0.421. The van der Waals surface area contributed by atoms with E-state index in [0.717, 1.165) is 18.4 Å². The smallest absolute Gasteiger partial charge is 0.194 e. The first-order valence-electron chi connectivity index (χ1n) is 10.4. The first-order valence-corrected chi connectivity index (χ1v) is 10.8. The van der Waals surface area contributed by atoms with Crippen LogP contribution < -0.4 is 0 Å². The van der Waals surface area contributed by atoms with E-state index in [1.54, 1.807) is 0 Å². The third-order valence-electron chi connectivity index (χ3n) is 5.76. The molecule has 0 spiro atoms. The van der Waals surface area contributed by atoms with Crippen molar-refractivity contribution in [3.63, 3.8) is 0 Å². The zero-order valence-corrected chi connectivity index (χ0v) is 17.8. The molecule has 0 aliphatic heterocycles. The standard InChI is InChI=1S/C26H27ClO2/c1-3-28-26(29-4-2,19-13-15-20(27)16-14-19)18-17-25-23-11-7-5-9-21(23)22-10-6-8-12-24(22)25/h5-16,25H,3-4,17-18H2,1-2H3. The van der Waals surface area contributed by atoms with E-state index < -0.39 is 5.79 Å². The van der Waals surface area contributed by atoms with Crippen LogP contribution >= 0.6 is 11.6 Å². The van der Waals surface area contributed by atoms with Gasteiger partial charge in [0.15, 0.2) is 5.79 Å². The third-order valence-corrected chi connectivity index (χ3v) is 6.02. The van der Waals surface area contributed by atoms with Gasteiger partial charge in [-0.3, -0.25) is 0 Å². The Bertz CT molecular complexity index is 913. The van der Waals surface area contributed by atoms with Crippen molar-refractivity contribution >= 4 is 11.6 Å². The van der Waals surface area contributed by atoms with E-state index in [1.165, 1.54) is 22.3 Å². The zero-order valence-electron chi connectivity index (χ0n) is 17.0. The molecular weight excluding hydrogens is 380 g/mol. The lowest BCUT2D eigenvalue weighted by Crippen LogP contribution is -2.34. The molecule has 0 amide bonds. The van der Waals surface area contributed by atoms with Gasteiger partial charge < -0.3 is 9.47 Å². The number of hydrogen-bond acceptors (Lipinski definition) is 2. The van der Waals surface area contributed by atoms with Crippen molar-refractivity contribution in [3.05, 3.63) is 94.5 Å². The fourth-order valence-electron chi connectivity index (χ4n) is 4.57. The maximum absolute atomic E-state index is 6.27. The van der Waals surface area contributed by atoms with Gasteiger partial charge in [-0.25, -0.2) is 0 Å². The highest BCUT2D eigenvalue weighted by atomic mass is 35.5. The van der Waals surface area contributed by atoms with Gasteiger partial charge in [0.25, 0.3) is 0 Å². The zero-order chi connectivity index (χ0) is 20.3. The van der Waals surface area contributed by atoms with Gasteiger partial charge in [0.1, 0.15) is 0 Å². The molecule has 3 aromatic carbocycles. The predicted octanol–water partition coefficient (Wildman–Crippen LogP) is 7.16. The summed E-state index contributed by atoms with van der Waals surface area (Å²) in [4.78, 5) is 0. The molecule has 0 heterocycles.